The Kier molecular flexibility index (Phi) is 4.58. The number of hydrogen-bond acceptors (Lipinski definition) is 2. The monoisotopic (exact) mass is 342 g/mol. The molecule has 0 aromatic heterocycles. The molecule has 2 aromatic carbocycles. The predicted octanol–water partition coefficient (Wildman–Crippen LogP) is 3.74. The van der Waals surface area contributed by atoms with Crippen LogP contribution in [0.25, 0.3) is 0 Å². The highest BCUT2D eigenvalue weighted by molar-refractivity contribution is 6.31. The number of amides is 2. The van der Waals surface area contributed by atoms with Crippen molar-refractivity contribution in [2.24, 2.45) is 0 Å². The zero-order valence-electron chi connectivity index (χ0n) is 13.7. The molecule has 24 heavy (non-hydrogen) atoms. The summed E-state index contributed by atoms with van der Waals surface area (Å²) < 4.78 is 0. The van der Waals surface area contributed by atoms with Gasteiger partial charge in [-0.25, -0.2) is 0 Å². The summed E-state index contributed by atoms with van der Waals surface area (Å²) in [5, 5.41) is 3.61. The minimum atomic E-state index is -0.187. The smallest absolute Gasteiger partial charge is 0.251 e. The van der Waals surface area contributed by atoms with E-state index in [1.807, 2.05) is 43.3 Å². The Balaban J connectivity index is 1.77. The van der Waals surface area contributed by atoms with Gasteiger partial charge in [-0.3, -0.25) is 9.59 Å². The number of rotatable bonds is 3. The largest absolute Gasteiger partial charge is 0.345 e. The number of halogens is 1. The van der Waals surface area contributed by atoms with Crippen molar-refractivity contribution in [2.45, 2.75) is 26.3 Å². The van der Waals surface area contributed by atoms with Crippen molar-refractivity contribution >= 4 is 29.1 Å². The van der Waals surface area contributed by atoms with E-state index >= 15 is 0 Å². The molecule has 2 amide bonds. The topological polar surface area (TPSA) is 49.4 Å². The van der Waals surface area contributed by atoms with Crippen LogP contribution in [-0.4, -0.2) is 18.4 Å². The summed E-state index contributed by atoms with van der Waals surface area (Å²) in [6.45, 7) is 4.14. The van der Waals surface area contributed by atoms with Gasteiger partial charge in [0, 0.05) is 29.7 Å². The van der Waals surface area contributed by atoms with Crippen molar-refractivity contribution in [3.63, 3.8) is 0 Å². The van der Waals surface area contributed by atoms with Crippen LogP contribution in [0.3, 0.4) is 0 Å². The molecule has 5 heteroatoms. The van der Waals surface area contributed by atoms with E-state index in [1.54, 1.807) is 17.9 Å². The van der Waals surface area contributed by atoms with Crippen molar-refractivity contribution < 1.29 is 9.59 Å². The van der Waals surface area contributed by atoms with Crippen LogP contribution in [0.4, 0.5) is 5.69 Å². The molecule has 1 aliphatic rings. The van der Waals surface area contributed by atoms with Gasteiger partial charge in [0.05, 0.1) is 6.04 Å². The van der Waals surface area contributed by atoms with E-state index in [4.69, 9.17) is 11.6 Å². The Morgan fingerprint density at radius 2 is 1.96 bits per heavy atom. The zero-order chi connectivity index (χ0) is 17.3. The highest BCUT2D eigenvalue weighted by Crippen LogP contribution is 2.29. The van der Waals surface area contributed by atoms with Crippen LogP contribution < -0.4 is 10.2 Å². The van der Waals surface area contributed by atoms with E-state index < -0.39 is 0 Å². The maximum Gasteiger partial charge on any atom is 0.251 e. The normalized spacial score (nSPS) is 14.2. The molecule has 0 fully saturated rings. The molecule has 4 nitrogen and oxygen atoms in total. The molecule has 3 rings (SSSR count). The van der Waals surface area contributed by atoms with E-state index in [2.05, 4.69) is 5.32 Å². The van der Waals surface area contributed by atoms with Crippen LogP contribution >= 0.6 is 11.6 Å². The number of fused-ring (bicyclic) bond motifs is 1. The first kappa shape index (κ1) is 16.5. The van der Waals surface area contributed by atoms with E-state index in [0.717, 1.165) is 23.2 Å². The molecule has 0 bridgehead atoms. The average Bonchev–Trinajstić information content (AvgIpc) is 2.98. The zero-order valence-corrected chi connectivity index (χ0v) is 14.4. The lowest BCUT2D eigenvalue weighted by atomic mass is 10.1. The summed E-state index contributed by atoms with van der Waals surface area (Å²) >= 11 is 6.18. The third-order valence-corrected chi connectivity index (χ3v) is 4.68. The lowest BCUT2D eigenvalue weighted by molar-refractivity contribution is -0.116. The number of anilines is 1. The first-order chi connectivity index (χ1) is 11.5. The van der Waals surface area contributed by atoms with Crippen molar-refractivity contribution in [3.8, 4) is 0 Å². The molecule has 1 aliphatic heterocycles. The summed E-state index contributed by atoms with van der Waals surface area (Å²) in [5.74, 6) is -0.121. The van der Waals surface area contributed by atoms with Crippen LogP contribution in [0.1, 0.15) is 41.4 Å². The Morgan fingerprint density at radius 1 is 1.21 bits per heavy atom. The molecular weight excluding hydrogens is 324 g/mol. The second-order valence-corrected chi connectivity index (χ2v) is 6.39. The summed E-state index contributed by atoms with van der Waals surface area (Å²) in [7, 11) is 0. The van der Waals surface area contributed by atoms with Crippen LogP contribution in [-0.2, 0) is 11.2 Å². The van der Waals surface area contributed by atoms with Gasteiger partial charge < -0.3 is 10.2 Å². The highest BCUT2D eigenvalue weighted by Gasteiger charge is 2.23. The van der Waals surface area contributed by atoms with Gasteiger partial charge in [-0.05, 0) is 48.7 Å². The van der Waals surface area contributed by atoms with Crippen molar-refractivity contribution in [1.29, 1.82) is 0 Å². The third kappa shape index (κ3) is 3.15. The van der Waals surface area contributed by atoms with E-state index in [1.165, 1.54) is 0 Å². The SMILES string of the molecule is CC(=O)N1CCc2cc(C(=O)NC(C)c3ccccc3Cl)ccc21. The Morgan fingerprint density at radius 3 is 2.67 bits per heavy atom. The maximum atomic E-state index is 12.5. The van der Waals surface area contributed by atoms with E-state index in [0.29, 0.717) is 17.1 Å². The first-order valence-corrected chi connectivity index (χ1v) is 8.31. The molecule has 0 spiro atoms. The summed E-state index contributed by atoms with van der Waals surface area (Å²) in [4.78, 5) is 25.9. The predicted molar refractivity (Wildman–Crippen MR) is 95.5 cm³/mol. The van der Waals surface area contributed by atoms with E-state index in [9.17, 15) is 9.59 Å². The number of carbonyl (C=O) groups excluding carboxylic acids is 2. The molecule has 2 aromatic rings. The van der Waals surface area contributed by atoms with Crippen molar-refractivity contribution in [2.75, 3.05) is 11.4 Å². The number of nitrogens with one attached hydrogen (secondary N) is 1. The van der Waals surface area contributed by atoms with Crippen molar-refractivity contribution in [3.05, 3.63) is 64.2 Å². The molecule has 0 radical (unpaired) electrons. The van der Waals surface area contributed by atoms with Gasteiger partial charge >= 0.3 is 0 Å². The second kappa shape index (κ2) is 6.65. The van der Waals surface area contributed by atoms with Gasteiger partial charge in [-0.1, -0.05) is 29.8 Å². The average molecular weight is 343 g/mol. The molecule has 0 saturated heterocycles. The molecule has 0 aliphatic carbocycles. The van der Waals surface area contributed by atoms with Gasteiger partial charge in [0.15, 0.2) is 0 Å². The lowest BCUT2D eigenvalue weighted by Gasteiger charge is -2.17. The minimum absolute atomic E-state index is 0.0262. The highest BCUT2D eigenvalue weighted by atomic mass is 35.5. The lowest BCUT2D eigenvalue weighted by Crippen LogP contribution is -2.27. The minimum Gasteiger partial charge on any atom is -0.345 e. The number of nitrogens with zero attached hydrogens (tertiary/aromatic N) is 1. The fourth-order valence-electron chi connectivity index (χ4n) is 3.05. The Bertz CT molecular complexity index is 804. The van der Waals surface area contributed by atoms with E-state index in [-0.39, 0.29) is 17.9 Å². The van der Waals surface area contributed by atoms with Crippen LogP contribution in [0, 0.1) is 0 Å². The molecule has 124 valence electrons. The first-order valence-electron chi connectivity index (χ1n) is 7.93. The molecular formula is C19H19ClN2O2. The maximum absolute atomic E-state index is 12.5. The van der Waals surface area contributed by atoms with Crippen LogP contribution in [0.2, 0.25) is 5.02 Å². The van der Waals surface area contributed by atoms with Crippen LogP contribution in [0.5, 0.6) is 0 Å². The van der Waals surface area contributed by atoms with Crippen molar-refractivity contribution in [1.82, 2.24) is 5.32 Å². The summed E-state index contributed by atoms with van der Waals surface area (Å²) in [6.07, 6.45) is 0.774. The van der Waals surface area contributed by atoms with Gasteiger partial charge in [0.1, 0.15) is 0 Å². The molecule has 1 N–H and O–H groups in total. The molecule has 0 saturated carbocycles. The molecule has 1 atom stereocenters. The van der Waals surface area contributed by atoms with Gasteiger partial charge in [0.25, 0.3) is 5.91 Å². The summed E-state index contributed by atoms with van der Waals surface area (Å²) in [5.41, 5.74) is 3.41. The van der Waals surface area contributed by atoms with Gasteiger partial charge in [-0.2, -0.15) is 0 Å². The third-order valence-electron chi connectivity index (χ3n) is 4.34. The fraction of sp³-hybridized carbons (Fsp3) is 0.263. The van der Waals surface area contributed by atoms with Gasteiger partial charge in [-0.15, -0.1) is 0 Å². The number of benzene rings is 2. The molecule has 1 heterocycles. The molecule has 1 unspecified atom stereocenters. The standard InChI is InChI=1S/C19H19ClN2O2/c1-12(16-5-3-4-6-17(16)20)21-19(24)15-7-8-18-14(11-15)9-10-22(18)13(2)23/h3-8,11-12H,9-10H2,1-2H3,(H,21,24). The van der Waals surface area contributed by atoms with Gasteiger partial charge in [0.2, 0.25) is 5.91 Å². The number of hydrogen-bond donors (Lipinski definition) is 1. The Hall–Kier alpha value is -2.33. The van der Waals surface area contributed by atoms with Crippen LogP contribution in [0.15, 0.2) is 42.5 Å². The fourth-order valence-corrected chi connectivity index (χ4v) is 3.35. The Labute approximate surface area is 146 Å². The number of carbonyl (C=O) groups is 2. The second-order valence-electron chi connectivity index (χ2n) is 5.98. The summed E-state index contributed by atoms with van der Waals surface area (Å²) in [6, 6.07) is 12.8. The quantitative estimate of drug-likeness (QED) is 0.923.